The number of para-hydroxylation sites is 3. The fourth-order valence-corrected chi connectivity index (χ4v) is 11.3. The molecule has 0 atom stereocenters. The highest BCUT2D eigenvalue weighted by molar-refractivity contribution is 6.10. The Morgan fingerprint density at radius 1 is 0.460 bits per heavy atom. The molecular weight excluding hydrogens is 761 g/mol. The molecule has 2 aliphatic carbocycles. The number of anilines is 3. The van der Waals surface area contributed by atoms with Gasteiger partial charge in [0.15, 0.2) is 0 Å². The molecule has 0 amide bonds. The van der Waals surface area contributed by atoms with E-state index in [0.717, 1.165) is 11.4 Å². The molecule has 9 aromatic carbocycles. The Labute approximate surface area is 370 Å². The molecule has 12 rings (SSSR count). The van der Waals surface area contributed by atoms with Gasteiger partial charge in [-0.15, -0.1) is 0 Å². The number of fused-ring (bicyclic) bond motifs is 7. The van der Waals surface area contributed by atoms with Gasteiger partial charge in [0.1, 0.15) is 0 Å². The van der Waals surface area contributed by atoms with Gasteiger partial charge in [-0.05, 0) is 129 Å². The maximum absolute atomic E-state index is 2.53. The van der Waals surface area contributed by atoms with E-state index in [1.807, 2.05) is 0 Å². The van der Waals surface area contributed by atoms with Crippen molar-refractivity contribution in [2.75, 3.05) is 4.90 Å². The number of rotatable bonds is 7. The first-order valence-corrected chi connectivity index (χ1v) is 22.9. The van der Waals surface area contributed by atoms with Crippen molar-refractivity contribution in [3.05, 3.63) is 217 Å². The van der Waals surface area contributed by atoms with E-state index < -0.39 is 0 Å². The van der Waals surface area contributed by atoms with Crippen molar-refractivity contribution in [1.82, 2.24) is 4.57 Å². The van der Waals surface area contributed by atoms with Crippen molar-refractivity contribution >= 4 is 49.6 Å². The van der Waals surface area contributed by atoms with Crippen LogP contribution < -0.4 is 4.90 Å². The van der Waals surface area contributed by atoms with Crippen LogP contribution in [0.5, 0.6) is 0 Å². The summed E-state index contributed by atoms with van der Waals surface area (Å²) in [6, 6.07) is 75.0. The zero-order valence-electron chi connectivity index (χ0n) is 36.1. The first kappa shape index (κ1) is 37.6. The highest BCUT2D eigenvalue weighted by Crippen LogP contribution is 2.52. The molecule has 1 heterocycles. The van der Waals surface area contributed by atoms with Crippen molar-refractivity contribution in [1.29, 1.82) is 0 Å². The Morgan fingerprint density at radius 2 is 1.13 bits per heavy atom. The summed E-state index contributed by atoms with van der Waals surface area (Å²) in [6.07, 6.45) is 6.49. The summed E-state index contributed by atoms with van der Waals surface area (Å²) in [6.45, 7) is 4.77. The first-order chi connectivity index (χ1) is 31.0. The van der Waals surface area contributed by atoms with Crippen LogP contribution in [-0.2, 0) is 5.41 Å². The van der Waals surface area contributed by atoms with Gasteiger partial charge in [-0.1, -0.05) is 179 Å². The van der Waals surface area contributed by atoms with Crippen molar-refractivity contribution < 1.29 is 0 Å². The second kappa shape index (κ2) is 15.0. The molecule has 1 fully saturated rings. The second-order valence-corrected chi connectivity index (χ2v) is 18.3. The van der Waals surface area contributed by atoms with E-state index in [2.05, 4.69) is 224 Å². The topological polar surface area (TPSA) is 8.17 Å². The van der Waals surface area contributed by atoms with Gasteiger partial charge in [-0.3, -0.25) is 0 Å². The summed E-state index contributed by atoms with van der Waals surface area (Å²) in [5.74, 6) is 0.585. The van der Waals surface area contributed by atoms with E-state index >= 15 is 0 Å². The lowest BCUT2D eigenvalue weighted by molar-refractivity contribution is 0.445. The Bertz CT molecular complexity index is 3360. The minimum absolute atomic E-state index is 0.133. The summed E-state index contributed by atoms with van der Waals surface area (Å²) >= 11 is 0. The van der Waals surface area contributed by atoms with Crippen LogP contribution in [0.25, 0.3) is 71.6 Å². The third kappa shape index (κ3) is 6.15. The fourth-order valence-electron chi connectivity index (χ4n) is 11.3. The van der Waals surface area contributed by atoms with Gasteiger partial charge >= 0.3 is 0 Å². The van der Waals surface area contributed by atoms with Crippen molar-refractivity contribution in [3.8, 4) is 39.1 Å². The smallest absolute Gasteiger partial charge is 0.0547 e. The normalized spacial score (nSPS) is 14.6. The van der Waals surface area contributed by atoms with Crippen LogP contribution in [0.15, 0.2) is 200 Å². The van der Waals surface area contributed by atoms with E-state index in [4.69, 9.17) is 0 Å². The molecule has 0 saturated heterocycles. The lowest BCUT2D eigenvalue weighted by atomic mass is 9.80. The molecular formula is C61H50N2. The molecule has 0 bridgehead atoms. The van der Waals surface area contributed by atoms with Crippen LogP contribution in [0.1, 0.15) is 68.6 Å². The predicted molar refractivity (Wildman–Crippen MR) is 267 cm³/mol. The van der Waals surface area contributed by atoms with Crippen molar-refractivity contribution in [2.24, 2.45) is 0 Å². The fraction of sp³-hybridized carbons (Fsp3) is 0.148. The van der Waals surface area contributed by atoms with Crippen LogP contribution in [0.2, 0.25) is 0 Å². The maximum Gasteiger partial charge on any atom is 0.0547 e. The van der Waals surface area contributed by atoms with Crippen LogP contribution in [0.3, 0.4) is 0 Å². The molecule has 0 N–H and O–H groups in total. The molecule has 2 heteroatoms. The van der Waals surface area contributed by atoms with Crippen LogP contribution >= 0.6 is 0 Å². The number of aromatic nitrogens is 1. The Morgan fingerprint density at radius 3 is 2.00 bits per heavy atom. The average Bonchev–Trinajstić information content (AvgIpc) is 3.79. The number of hydrogen-bond donors (Lipinski definition) is 0. The molecule has 10 aromatic rings. The molecule has 1 saturated carbocycles. The minimum Gasteiger partial charge on any atom is -0.310 e. The number of nitrogens with zero attached hydrogens (tertiary/aromatic N) is 2. The van der Waals surface area contributed by atoms with Crippen molar-refractivity contribution in [3.63, 3.8) is 0 Å². The average molecular weight is 811 g/mol. The predicted octanol–water partition coefficient (Wildman–Crippen LogP) is 17.1. The van der Waals surface area contributed by atoms with Gasteiger partial charge in [0.2, 0.25) is 0 Å². The molecule has 0 aliphatic heterocycles. The largest absolute Gasteiger partial charge is 0.310 e. The standard InChI is InChI=1S/C61H50N2/c1-61(2)55-31-12-9-26-49(55)50-37-35-47(40-56(50)61)62(57-32-13-11-28-52(57)54-30-17-21-42-20-16-29-48(60(42)54)41-18-5-3-6-19-41)46-25-15-22-43(38-46)44-34-36-53-51-27-10-14-33-58(51)63(59(53)39-44)45-23-7-4-8-24-45/h4,7-17,20-41H,3,5-6,18-19H2,1-2H3. The molecule has 304 valence electrons. The van der Waals surface area contributed by atoms with E-state index in [1.54, 1.807) is 0 Å². The van der Waals surface area contributed by atoms with Crippen LogP contribution in [0, 0.1) is 0 Å². The first-order valence-electron chi connectivity index (χ1n) is 22.9. The zero-order valence-corrected chi connectivity index (χ0v) is 36.1. The van der Waals surface area contributed by atoms with Gasteiger partial charge in [0, 0.05) is 38.8 Å². The maximum atomic E-state index is 2.53. The Kier molecular flexibility index (Phi) is 8.97. The zero-order chi connectivity index (χ0) is 42.1. The highest BCUT2D eigenvalue weighted by Gasteiger charge is 2.36. The molecule has 2 aliphatic rings. The van der Waals surface area contributed by atoms with E-state index in [0.29, 0.717) is 5.92 Å². The monoisotopic (exact) mass is 810 g/mol. The molecule has 1 aromatic heterocycles. The summed E-state index contributed by atoms with van der Waals surface area (Å²) < 4.78 is 2.41. The van der Waals surface area contributed by atoms with Gasteiger partial charge in [0.05, 0.1) is 16.7 Å². The molecule has 2 nitrogen and oxygen atoms in total. The molecule has 63 heavy (non-hydrogen) atoms. The summed E-state index contributed by atoms with van der Waals surface area (Å²) in [7, 11) is 0. The van der Waals surface area contributed by atoms with E-state index in [9.17, 15) is 0 Å². The molecule has 0 radical (unpaired) electrons. The second-order valence-electron chi connectivity index (χ2n) is 18.3. The van der Waals surface area contributed by atoms with Gasteiger partial charge < -0.3 is 9.47 Å². The quantitative estimate of drug-likeness (QED) is 0.156. The Hall–Kier alpha value is -7.16. The molecule has 0 unspecified atom stereocenters. The van der Waals surface area contributed by atoms with Gasteiger partial charge in [0.25, 0.3) is 0 Å². The number of hydrogen-bond acceptors (Lipinski definition) is 1. The van der Waals surface area contributed by atoms with Gasteiger partial charge in [-0.25, -0.2) is 0 Å². The van der Waals surface area contributed by atoms with E-state index in [-0.39, 0.29) is 5.41 Å². The summed E-state index contributed by atoms with van der Waals surface area (Å²) in [4.78, 5) is 2.53. The third-order valence-corrected chi connectivity index (χ3v) is 14.4. The third-order valence-electron chi connectivity index (χ3n) is 14.4. The van der Waals surface area contributed by atoms with Crippen molar-refractivity contribution in [2.45, 2.75) is 57.3 Å². The lowest BCUT2D eigenvalue weighted by Crippen LogP contribution is -2.17. The summed E-state index contributed by atoms with van der Waals surface area (Å²) in [5, 5.41) is 5.25. The minimum atomic E-state index is -0.133. The summed E-state index contributed by atoms with van der Waals surface area (Å²) in [5.41, 5.74) is 18.8. The van der Waals surface area contributed by atoms with Gasteiger partial charge in [-0.2, -0.15) is 0 Å². The van der Waals surface area contributed by atoms with Crippen LogP contribution in [0.4, 0.5) is 17.1 Å². The SMILES string of the molecule is CC1(C)c2ccccc2-c2ccc(N(c3cccc(-c4ccc5c6ccccc6n(-c6ccccc6)c5c4)c3)c3ccccc3-c3cccc4cccc(C5CCCCC5)c34)cc21. The Balaban J connectivity index is 1.07. The van der Waals surface area contributed by atoms with Crippen LogP contribution in [-0.4, -0.2) is 4.57 Å². The van der Waals surface area contributed by atoms with E-state index in [1.165, 1.54) is 126 Å². The molecule has 0 spiro atoms. The lowest BCUT2D eigenvalue weighted by Gasteiger charge is -2.31. The highest BCUT2D eigenvalue weighted by atomic mass is 15.1. The number of benzene rings is 9.